The van der Waals surface area contributed by atoms with Crippen LogP contribution < -0.4 is 11.1 Å². The first-order valence-corrected chi connectivity index (χ1v) is 10.0. The Hall–Kier alpha value is -1.94. The second-order valence-electron chi connectivity index (χ2n) is 6.06. The number of hydrogen-bond acceptors (Lipinski definition) is 6. The lowest BCUT2D eigenvalue weighted by Crippen LogP contribution is -2.32. The van der Waals surface area contributed by atoms with E-state index in [9.17, 15) is 14.0 Å². The van der Waals surface area contributed by atoms with Gasteiger partial charge in [0, 0.05) is 20.2 Å². The van der Waals surface area contributed by atoms with E-state index in [1.165, 1.54) is 41.5 Å². The number of primary amides is 1. The number of methoxy groups -OCH3 is 1. The van der Waals surface area contributed by atoms with E-state index in [1.807, 2.05) is 0 Å². The molecule has 2 heterocycles. The van der Waals surface area contributed by atoms with Gasteiger partial charge in [-0.1, -0.05) is 12.1 Å². The smallest absolute Gasteiger partial charge is 0.259 e. The molecule has 0 spiro atoms. The van der Waals surface area contributed by atoms with Crippen molar-refractivity contribution in [3.63, 3.8) is 0 Å². The van der Waals surface area contributed by atoms with Crippen molar-refractivity contribution in [2.75, 3.05) is 25.5 Å². The molecule has 3 N–H and O–H groups in total. The minimum Gasteiger partial charge on any atom is -0.381 e. The number of halogens is 1. The van der Waals surface area contributed by atoms with Gasteiger partial charge in [-0.15, -0.1) is 11.3 Å². The lowest BCUT2D eigenvalue weighted by molar-refractivity contribution is 0.0624. The molecule has 0 saturated carbocycles. The molecule has 1 aromatic carbocycles. The van der Waals surface area contributed by atoms with Crippen LogP contribution in [0, 0.1) is 5.82 Å². The summed E-state index contributed by atoms with van der Waals surface area (Å²) >= 11 is 2.77. The largest absolute Gasteiger partial charge is 0.381 e. The van der Waals surface area contributed by atoms with Crippen LogP contribution in [0.15, 0.2) is 34.5 Å². The van der Waals surface area contributed by atoms with Gasteiger partial charge in [0.2, 0.25) is 0 Å². The third-order valence-electron chi connectivity index (χ3n) is 4.27. The molecule has 0 aliphatic carbocycles. The Morgan fingerprint density at radius 3 is 2.63 bits per heavy atom. The molecule has 1 fully saturated rings. The van der Waals surface area contributed by atoms with E-state index in [4.69, 9.17) is 10.5 Å². The molecule has 0 unspecified atom stereocenters. The van der Waals surface area contributed by atoms with Gasteiger partial charge in [0.05, 0.1) is 21.4 Å². The molecule has 1 saturated heterocycles. The van der Waals surface area contributed by atoms with E-state index in [-0.39, 0.29) is 17.2 Å². The van der Waals surface area contributed by atoms with Crippen LogP contribution in [-0.4, -0.2) is 42.4 Å². The second kappa shape index (κ2) is 8.83. The number of carbonyl (C=O) groups is 2. The Balaban J connectivity index is 1.73. The van der Waals surface area contributed by atoms with Gasteiger partial charge >= 0.3 is 0 Å². The minimum atomic E-state index is -0.639. The van der Waals surface area contributed by atoms with Crippen LogP contribution in [0.3, 0.4) is 0 Å². The van der Waals surface area contributed by atoms with Crippen LogP contribution in [0.1, 0.15) is 33.6 Å². The molecule has 1 aromatic heterocycles. The van der Waals surface area contributed by atoms with E-state index in [1.54, 1.807) is 19.2 Å². The van der Waals surface area contributed by atoms with E-state index in [2.05, 4.69) is 9.62 Å². The van der Waals surface area contributed by atoms with Crippen LogP contribution in [0.5, 0.6) is 0 Å². The molecule has 9 heteroatoms. The maximum absolute atomic E-state index is 13.8. The predicted octanol–water partition coefficient (Wildman–Crippen LogP) is 3.36. The summed E-state index contributed by atoms with van der Waals surface area (Å²) in [7, 11) is 1.72. The van der Waals surface area contributed by atoms with Crippen molar-refractivity contribution in [3.05, 3.63) is 47.3 Å². The lowest BCUT2D eigenvalue weighted by atomic mass is 10.1. The average Bonchev–Trinajstić information content (AvgIpc) is 3.05. The van der Waals surface area contributed by atoms with Crippen LogP contribution >= 0.6 is 23.3 Å². The molecular formula is C18H20FN3O3S2. The summed E-state index contributed by atoms with van der Waals surface area (Å²) in [5.41, 5.74) is 5.58. The second-order valence-corrected chi connectivity index (χ2v) is 8.51. The number of hydrogen-bond donors (Lipinski definition) is 2. The monoisotopic (exact) mass is 409 g/mol. The van der Waals surface area contributed by atoms with Crippen molar-refractivity contribution in [1.82, 2.24) is 4.31 Å². The summed E-state index contributed by atoms with van der Waals surface area (Å²) in [5.74, 6) is -1.88. The standard InChI is InChI=1S/C18H20FN3O3S2/c1-25-11-6-8-22(9-7-11)27-15-10-13(16(20)23)18(26-15)21-17(24)12-4-2-3-5-14(12)19/h2-5,10-11H,6-9H2,1H3,(H2,20,23)(H,21,24). The fourth-order valence-corrected chi connectivity index (χ4v) is 5.12. The number of amides is 2. The number of nitrogens with zero attached hydrogens (tertiary/aromatic N) is 1. The summed E-state index contributed by atoms with van der Waals surface area (Å²) in [6.45, 7) is 1.73. The number of carbonyl (C=O) groups excluding carboxylic acids is 2. The number of anilines is 1. The van der Waals surface area contributed by atoms with Gasteiger partial charge in [0.1, 0.15) is 10.8 Å². The number of benzene rings is 1. The Kier molecular flexibility index (Phi) is 6.48. The van der Waals surface area contributed by atoms with Gasteiger partial charge in [0.25, 0.3) is 11.8 Å². The quantitative estimate of drug-likeness (QED) is 0.715. The topological polar surface area (TPSA) is 84.7 Å². The molecule has 3 rings (SSSR count). The Labute approximate surface area is 165 Å². The maximum Gasteiger partial charge on any atom is 0.259 e. The van der Waals surface area contributed by atoms with Crippen molar-refractivity contribution >= 4 is 40.1 Å². The molecule has 0 bridgehead atoms. The first-order chi connectivity index (χ1) is 13.0. The van der Waals surface area contributed by atoms with Gasteiger partial charge in [-0.05, 0) is 43.0 Å². The third kappa shape index (κ3) is 4.86. The minimum absolute atomic E-state index is 0.0860. The SMILES string of the molecule is COC1CCN(Sc2cc(C(N)=O)c(NC(=O)c3ccccc3F)s2)CC1. The number of ether oxygens (including phenoxy) is 1. The first kappa shape index (κ1) is 19.8. The molecule has 2 amide bonds. The number of thiophene rings is 1. The number of piperidine rings is 1. The zero-order chi connectivity index (χ0) is 19.4. The van der Waals surface area contributed by atoms with Crippen molar-refractivity contribution in [2.24, 2.45) is 5.73 Å². The van der Waals surface area contributed by atoms with Crippen LogP contribution in [0.4, 0.5) is 9.39 Å². The molecule has 0 radical (unpaired) electrons. The highest BCUT2D eigenvalue weighted by molar-refractivity contribution is 7.99. The number of nitrogens with one attached hydrogen (secondary N) is 1. The lowest BCUT2D eigenvalue weighted by Gasteiger charge is -2.29. The Morgan fingerprint density at radius 2 is 2.00 bits per heavy atom. The van der Waals surface area contributed by atoms with E-state index >= 15 is 0 Å². The van der Waals surface area contributed by atoms with E-state index in [0.29, 0.717) is 5.00 Å². The van der Waals surface area contributed by atoms with Gasteiger partial charge in [-0.25, -0.2) is 8.70 Å². The molecule has 0 atom stereocenters. The molecule has 1 aliphatic rings. The number of rotatable bonds is 6. The van der Waals surface area contributed by atoms with E-state index in [0.717, 1.165) is 30.1 Å². The van der Waals surface area contributed by atoms with Crippen LogP contribution in [0.2, 0.25) is 0 Å². The van der Waals surface area contributed by atoms with Crippen molar-refractivity contribution in [1.29, 1.82) is 0 Å². The summed E-state index contributed by atoms with van der Waals surface area (Å²) in [6.07, 6.45) is 2.16. The average molecular weight is 410 g/mol. The van der Waals surface area contributed by atoms with Gasteiger partial charge in [-0.2, -0.15) is 0 Å². The molecule has 6 nitrogen and oxygen atoms in total. The van der Waals surface area contributed by atoms with Crippen molar-refractivity contribution in [2.45, 2.75) is 23.2 Å². The molecule has 1 aliphatic heterocycles. The first-order valence-electron chi connectivity index (χ1n) is 8.43. The highest BCUT2D eigenvalue weighted by Crippen LogP contribution is 2.37. The molecular weight excluding hydrogens is 389 g/mol. The van der Waals surface area contributed by atoms with Gasteiger partial charge in [-0.3, -0.25) is 9.59 Å². The maximum atomic E-state index is 13.8. The van der Waals surface area contributed by atoms with Crippen molar-refractivity contribution in [3.8, 4) is 0 Å². The Bertz CT molecular complexity index is 835. The zero-order valence-electron chi connectivity index (χ0n) is 14.7. The Morgan fingerprint density at radius 1 is 1.30 bits per heavy atom. The highest BCUT2D eigenvalue weighted by atomic mass is 32.2. The van der Waals surface area contributed by atoms with E-state index < -0.39 is 17.6 Å². The summed E-state index contributed by atoms with van der Waals surface area (Å²) in [5, 5.41) is 2.93. The van der Waals surface area contributed by atoms with Gasteiger partial charge in [0.15, 0.2) is 0 Å². The molecule has 2 aromatic rings. The highest BCUT2D eigenvalue weighted by Gasteiger charge is 2.23. The molecule has 144 valence electrons. The summed E-state index contributed by atoms with van der Waals surface area (Å²) in [4.78, 5) is 24.1. The number of nitrogens with two attached hydrogens (primary N) is 1. The summed E-state index contributed by atoms with van der Waals surface area (Å²) in [6, 6.07) is 7.35. The third-order valence-corrected chi connectivity index (χ3v) is 6.51. The van der Waals surface area contributed by atoms with Gasteiger partial charge < -0.3 is 15.8 Å². The fourth-order valence-electron chi connectivity index (χ4n) is 2.79. The normalized spacial score (nSPS) is 15.6. The predicted molar refractivity (Wildman–Crippen MR) is 105 cm³/mol. The van der Waals surface area contributed by atoms with Crippen LogP contribution in [0.25, 0.3) is 0 Å². The van der Waals surface area contributed by atoms with Crippen LogP contribution in [-0.2, 0) is 4.74 Å². The zero-order valence-corrected chi connectivity index (χ0v) is 16.4. The molecule has 27 heavy (non-hydrogen) atoms. The van der Waals surface area contributed by atoms with Crippen molar-refractivity contribution < 1.29 is 18.7 Å². The fraction of sp³-hybridized carbons (Fsp3) is 0.333. The summed E-state index contributed by atoms with van der Waals surface area (Å²) < 4.78 is 22.2.